The molecular weight excluding hydrogens is 376 g/mol. The number of hydrogen-bond acceptors (Lipinski definition) is 4. The molecule has 0 unspecified atom stereocenters. The molecule has 0 N–H and O–H groups in total. The second-order valence-electron chi connectivity index (χ2n) is 7.87. The number of carbonyl (C=O) groups excluding carboxylic acids is 2. The van der Waals surface area contributed by atoms with Crippen LogP contribution in [0.2, 0.25) is 0 Å². The van der Waals surface area contributed by atoms with Crippen molar-refractivity contribution in [1.29, 1.82) is 0 Å². The summed E-state index contributed by atoms with van der Waals surface area (Å²) < 4.78 is 10.9. The predicted molar refractivity (Wildman–Crippen MR) is 116 cm³/mol. The average molecular weight is 398 g/mol. The molecule has 1 aromatic heterocycles. The molecule has 30 heavy (non-hydrogen) atoms. The second-order valence-corrected chi connectivity index (χ2v) is 7.87. The molecule has 0 bridgehead atoms. The monoisotopic (exact) mass is 398 g/mol. The predicted octanol–water partition coefficient (Wildman–Crippen LogP) is 5.43. The number of hydrogen-bond donors (Lipinski definition) is 0. The molecule has 5 rings (SSSR count). The molecule has 150 valence electrons. The van der Waals surface area contributed by atoms with Crippen molar-refractivity contribution in [3.8, 4) is 0 Å². The van der Waals surface area contributed by atoms with E-state index >= 15 is 0 Å². The topological polar surface area (TPSA) is 56.5 Å². The smallest absolute Gasteiger partial charge is 0.310 e. The van der Waals surface area contributed by atoms with Crippen molar-refractivity contribution in [2.75, 3.05) is 6.61 Å². The SMILES string of the molecule is O=C(Cc1coc2ccc3ccccc3c12)OCC(=O)c1ccc2c(c1)CCCC2. The van der Waals surface area contributed by atoms with Crippen LogP contribution in [0.4, 0.5) is 0 Å². The zero-order valence-corrected chi connectivity index (χ0v) is 16.6. The van der Waals surface area contributed by atoms with Gasteiger partial charge in [-0.2, -0.15) is 0 Å². The standard InChI is InChI=1S/C26H22O4/c27-23(20-10-9-17-5-1-2-7-19(17)13-20)16-30-25(28)14-21-15-29-24-12-11-18-6-3-4-8-22(18)26(21)24/h3-4,6,8-13,15H,1-2,5,7,14,16H2. The summed E-state index contributed by atoms with van der Waals surface area (Å²) in [6.07, 6.45) is 6.12. The summed E-state index contributed by atoms with van der Waals surface area (Å²) in [5, 5.41) is 3.05. The van der Waals surface area contributed by atoms with Gasteiger partial charge in [0, 0.05) is 16.5 Å². The van der Waals surface area contributed by atoms with E-state index in [1.165, 1.54) is 17.5 Å². The van der Waals surface area contributed by atoms with E-state index in [0.29, 0.717) is 5.56 Å². The summed E-state index contributed by atoms with van der Waals surface area (Å²) in [5.74, 6) is -0.601. The maximum atomic E-state index is 12.5. The summed E-state index contributed by atoms with van der Waals surface area (Å²) in [7, 11) is 0. The number of benzene rings is 3. The Hall–Kier alpha value is -3.40. The third-order valence-corrected chi connectivity index (χ3v) is 5.91. The lowest BCUT2D eigenvalue weighted by Gasteiger charge is -2.16. The molecule has 0 aliphatic heterocycles. The summed E-state index contributed by atoms with van der Waals surface area (Å²) in [5.41, 5.74) is 4.70. The Kier molecular flexibility index (Phi) is 4.83. The van der Waals surface area contributed by atoms with E-state index in [9.17, 15) is 9.59 Å². The molecule has 0 saturated carbocycles. The maximum Gasteiger partial charge on any atom is 0.310 e. The number of carbonyl (C=O) groups is 2. The number of Topliss-reactive ketones (excluding diaryl/α,β-unsaturated/α-hetero) is 1. The molecule has 0 spiro atoms. The van der Waals surface area contributed by atoms with E-state index in [4.69, 9.17) is 9.15 Å². The largest absolute Gasteiger partial charge is 0.464 e. The van der Waals surface area contributed by atoms with Crippen LogP contribution in [0.15, 0.2) is 65.3 Å². The van der Waals surface area contributed by atoms with E-state index in [0.717, 1.165) is 46.6 Å². The normalized spacial score (nSPS) is 13.3. The maximum absolute atomic E-state index is 12.5. The van der Waals surface area contributed by atoms with E-state index in [-0.39, 0.29) is 18.8 Å². The number of esters is 1. The highest BCUT2D eigenvalue weighted by molar-refractivity contribution is 6.08. The van der Waals surface area contributed by atoms with Crippen LogP contribution in [0.25, 0.3) is 21.7 Å². The molecule has 4 aromatic rings. The number of ketones is 1. The number of fused-ring (bicyclic) bond motifs is 4. The van der Waals surface area contributed by atoms with Crippen LogP contribution in [-0.2, 0) is 28.8 Å². The zero-order valence-electron chi connectivity index (χ0n) is 16.6. The average Bonchev–Trinajstić information content (AvgIpc) is 3.20. The molecule has 1 heterocycles. The number of rotatable bonds is 5. The fourth-order valence-corrected chi connectivity index (χ4v) is 4.35. The van der Waals surface area contributed by atoms with Gasteiger partial charge in [-0.3, -0.25) is 9.59 Å². The lowest BCUT2D eigenvalue weighted by atomic mass is 9.90. The molecule has 0 fully saturated rings. The van der Waals surface area contributed by atoms with Gasteiger partial charge in [0.15, 0.2) is 12.4 Å². The Bertz CT molecular complexity index is 1260. The Morgan fingerprint density at radius 1 is 0.933 bits per heavy atom. The Morgan fingerprint density at radius 2 is 1.77 bits per heavy atom. The number of ether oxygens (including phenoxy) is 1. The summed E-state index contributed by atoms with van der Waals surface area (Å²) in [6, 6.07) is 17.7. The van der Waals surface area contributed by atoms with Gasteiger partial charge in [0.1, 0.15) is 5.58 Å². The fourth-order valence-electron chi connectivity index (χ4n) is 4.35. The van der Waals surface area contributed by atoms with Crippen molar-refractivity contribution in [2.24, 2.45) is 0 Å². The van der Waals surface area contributed by atoms with E-state index < -0.39 is 5.97 Å². The van der Waals surface area contributed by atoms with Crippen LogP contribution in [-0.4, -0.2) is 18.4 Å². The number of furan rings is 1. The molecule has 0 atom stereocenters. The molecule has 1 aliphatic rings. The first kappa shape index (κ1) is 18.6. The lowest BCUT2D eigenvalue weighted by Crippen LogP contribution is -2.16. The van der Waals surface area contributed by atoms with Crippen LogP contribution in [0.5, 0.6) is 0 Å². The van der Waals surface area contributed by atoms with Gasteiger partial charge >= 0.3 is 5.97 Å². The van der Waals surface area contributed by atoms with Crippen LogP contribution >= 0.6 is 0 Å². The van der Waals surface area contributed by atoms with Gasteiger partial charge in [0.05, 0.1) is 12.7 Å². The highest BCUT2D eigenvalue weighted by atomic mass is 16.5. The molecule has 1 aliphatic carbocycles. The Balaban J connectivity index is 1.29. The molecule has 4 heteroatoms. The molecule has 0 saturated heterocycles. The van der Waals surface area contributed by atoms with Gasteiger partial charge in [-0.1, -0.05) is 42.5 Å². The molecule has 0 amide bonds. The quantitative estimate of drug-likeness (QED) is 0.332. The van der Waals surface area contributed by atoms with E-state index in [1.54, 1.807) is 6.26 Å². The number of aryl methyl sites for hydroxylation is 2. The van der Waals surface area contributed by atoms with Gasteiger partial charge in [0.2, 0.25) is 0 Å². The summed E-state index contributed by atoms with van der Waals surface area (Å²) in [4.78, 5) is 25.0. The summed E-state index contributed by atoms with van der Waals surface area (Å²) in [6.45, 7) is -0.242. The third kappa shape index (κ3) is 3.50. The first-order valence-electron chi connectivity index (χ1n) is 10.4. The van der Waals surface area contributed by atoms with Crippen molar-refractivity contribution in [3.63, 3.8) is 0 Å². The van der Waals surface area contributed by atoms with Crippen LogP contribution in [0.3, 0.4) is 0 Å². The fraction of sp³-hybridized carbons (Fsp3) is 0.231. The van der Waals surface area contributed by atoms with Gasteiger partial charge in [-0.15, -0.1) is 0 Å². The van der Waals surface area contributed by atoms with Gasteiger partial charge < -0.3 is 9.15 Å². The van der Waals surface area contributed by atoms with Crippen LogP contribution < -0.4 is 0 Å². The van der Waals surface area contributed by atoms with Crippen molar-refractivity contribution in [1.82, 2.24) is 0 Å². The second kappa shape index (κ2) is 7.79. The van der Waals surface area contributed by atoms with Crippen molar-refractivity contribution >= 4 is 33.5 Å². The van der Waals surface area contributed by atoms with Gasteiger partial charge in [-0.25, -0.2) is 0 Å². The highest BCUT2D eigenvalue weighted by Crippen LogP contribution is 2.30. The lowest BCUT2D eigenvalue weighted by molar-refractivity contribution is -0.141. The van der Waals surface area contributed by atoms with Crippen LogP contribution in [0, 0.1) is 0 Å². The Morgan fingerprint density at radius 3 is 2.67 bits per heavy atom. The first-order chi connectivity index (χ1) is 14.7. The van der Waals surface area contributed by atoms with Crippen molar-refractivity contribution in [3.05, 3.63) is 83.1 Å². The minimum absolute atomic E-state index is 0.0679. The molecular formula is C26H22O4. The molecule has 0 radical (unpaired) electrons. The van der Waals surface area contributed by atoms with Crippen molar-refractivity contribution in [2.45, 2.75) is 32.1 Å². The van der Waals surface area contributed by atoms with Gasteiger partial charge in [-0.05, 0) is 59.7 Å². The third-order valence-electron chi connectivity index (χ3n) is 5.91. The highest BCUT2D eigenvalue weighted by Gasteiger charge is 2.17. The van der Waals surface area contributed by atoms with E-state index in [2.05, 4.69) is 0 Å². The van der Waals surface area contributed by atoms with Crippen LogP contribution in [0.1, 0.15) is 39.9 Å². The Labute approximate surface area is 174 Å². The first-order valence-corrected chi connectivity index (χ1v) is 10.4. The molecule has 4 nitrogen and oxygen atoms in total. The summed E-state index contributed by atoms with van der Waals surface area (Å²) >= 11 is 0. The van der Waals surface area contributed by atoms with Crippen molar-refractivity contribution < 1.29 is 18.7 Å². The molecule has 3 aromatic carbocycles. The van der Waals surface area contributed by atoms with Gasteiger partial charge in [0.25, 0.3) is 0 Å². The van der Waals surface area contributed by atoms with E-state index in [1.807, 2.05) is 54.6 Å². The minimum Gasteiger partial charge on any atom is -0.464 e. The minimum atomic E-state index is -0.433. The zero-order chi connectivity index (χ0) is 20.5.